The largest absolute Gasteiger partial charge is 0.480 e. The maximum Gasteiger partial charge on any atom is 0.326 e. The molecule has 0 aliphatic heterocycles. The molecule has 0 aromatic carbocycles. The van der Waals surface area contributed by atoms with Gasteiger partial charge < -0.3 is 37.6 Å². The van der Waals surface area contributed by atoms with Gasteiger partial charge in [-0.05, 0) is 11.8 Å². The van der Waals surface area contributed by atoms with E-state index in [1.54, 1.807) is 13.8 Å². The highest BCUT2D eigenvalue weighted by Crippen LogP contribution is 2.11. The SMILES string of the molecule is CCC(C)C(N)C(=O)NC(C(=O)NC(CO)C(=O)NC(CC(N)=O)C(=O)O)C(C)CC. The predicted molar refractivity (Wildman–Crippen MR) is 111 cm³/mol. The Morgan fingerprint density at radius 1 is 0.839 bits per heavy atom. The van der Waals surface area contributed by atoms with Crippen LogP contribution in [0.1, 0.15) is 47.0 Å². The molecule has 0 bridgehead atoms. The Balaban J connectivity index is 5.35. The number of hydrogen-bond donors (Lipinski definition) is 7. The number of carbonyl (C=O) groups is 5. The molecule has 0 radical (unpaired) electrons. The van der Waals surface area contributed by atoms with Crippen LogP contribution in [0.15, 0.2) is 0 Å². The van der Waals surface area contributed by atoms with Crippen LogP contribution >= 0.6 is 0 Å². The quantitative estimate of drug-likeness (QED) is 0.155. The van der Waals surface area contributed by atoms with E-state index in [9.17, 15) is 29.1 Å². The Hall–Kier alpha value is -2.73. The number of nitrogens with one attached hydrogen (secondary N) is 3. The third-order valence-electron chi connectivity index (χ3n) is 5.19. The van der Waals surface area contributed by atoms with Crippen molar-refractivity contribution in [1.82, 2.24) is 16.0 Å². The minimum absolute atomic E-state index is 0.116. The van der Waals surface area contributed by atoms with E-state index in [0.29, 0.717) is 12.8 Å². The van der Waals surface area contributed by atoms with Crippen LogP contribution < -0.4 is 27.4 Å². The van der Waals surface area contributed by atoms with Crippen molar-refractivity contribution in [2.24, 2.45) is 23.3 Å². The molecule has 4 amide bonds. The summed E-state index contributed by atoms with van der Waals surface area (Å²) in [5.74, 6) is -5.17. The number of aliphatic carboxylic acids is 1. The minimum atomic E-state index is -1.62. The maximum absolute atomic E-state index is 12.8. The second kappa shape index (κ2) is 13.5. The van der Waals surface area contributed by atoms with E-state index in [-0.39, 0.29) is 11.8 Å². The molecule has 0 heterocycles. The first-order valence-electron chi connectivity index (χ1n) is 10.2. The summed E-state index contributed by atoms with van der Waals surface area (Å²) in [6.45, 7) is 6.38. The second-order valence-corrected chi connectivity index (χ2v) is 7.60. The first kappa shape index (κ1) is 28.3. The highest BCUT2D eigenvalue weighted by Gasteiger charge is 2.33. The number of amides is 4. The summed E-state index contributed by atoms with van der Waals surface area (Å²) < 4.78 is 0. The van der Waals surface area contributed by atoms with Gasteiger partial charge in [-0.15, -0.1) is 0 Å². The summed E-state index contributed by atoms with van der Waals surface area (Å²) in [4.78, 5) is 59.7. The third-order valence-corrected chi connectivity index (χ3v) is 5.19. The Bertz CT molecular complexity index is 658. The van der Waals surface area contributed by atoms with Gasteiger partial charge >= 0.3 is 5.97 Å². The molecule has 0 aromatic rings. The van der Waals surface area contributed by atoms with Crippen molar-refractivity contribution in [2.45, 2.75) is 71.1 Å². The highest BCUT2D eigenvalue weighted by molar-refractivity contribution is 5.95. The van der Waals surface area contributed by atoms with Crippen LogP contribution in [0.4, 0.5) is 0 Å². The monoisotopic (exact) mass is 445 g/mol. The number of rotatable bonds is 14. The fraction of sp³-hybridized carbons (Fsp3) is 0.737. The van der Waals surface area contributed by atoms with Gasteiger partial charge in [0, 0.05) is 0 Å². The standard InChI is InChI=1S/C19H35N5O7/c1-5-9(3)14(21)17(28)24-15(10(4)6-2)18(29)23-12(8-25)16(27)22-11(19(30)31)7-13(20)26/h9-12,14-15,25H,5-8,21H2,1-4H3,(H2,20,26)(H,22,27)(H,23,29)(H,24,28)(H,30,31). The number of carboxylic acids is 1. The molecule has 12 nitrogen and oxygen atoms in total. The third kappa shape index (κ3) is 9.30. The molecule has 0 rings (SSSR count). The fourth-order valence-corrected chi connectivity index (χ4v) is 2.59. The van der Waals surface area contributed by atoms with Crippen molar-refractivity contribution in [3.8, 4) is 0 Å². The summed E-state index contributed by atoms with van der Waals surface area (Å²) >= 11 is 0. The summed E-state index contributed by atoms with van der Waals surface area (Å²) in [6.07, 6.45) is 0.524. The predicted octanol–water partition coefficient (Wildman–Crippen LogP) is -2.19. The summed E-state index contributed by atoms with van der Waals surface area (Å²) in [5.41, 5.74) is 10.9. The van der Waals surface area contributed by atoms with Crippen LogP contribution in [0.3, 0.4) is 0 Å². The molecular weight excluding hydrogens is 410 g/mol. The van der Waals surface area contributed by atoms with E-state index in [1.807, 2.05) is 19.2 Å². The van der Waals surface area contributed by atoms with Gasteiger partial charge in [0.05, 0.1) is 19.1 Å². The molecule has 0 aliphatic carbocycles. The van der Waals surface area contributed by atoms with Gasteiger partial charge in [-0.3, -0.25) is 19.2 Å². The van der Waals surface area contributed by atoms with E-state index in [0.717, 1.165) is 0 Å². The van der Waals surface area contributed by atoms with Crippen molar-refractivity contribution in [3.63, 3.8) is 0 Å². The van der Waals surface area contributed by atoms with Gasteiger partial charge in [-0.2, -0.15) is 0 Å². The normalized spacial score (nSPS) is 16.7. The van der Waals surface area contributed by atoms with Crippen molar-refractivity contribution in [3.05, 3.63) is 0 Å². The van der Waals surface area contributed by atoms with Gasteiger partial charge in [0.15, 0.2) is 0 Å². The minimum Gasteiger partial charge on any atom is -0.480 e. The second-order valence-electron chi connectivity index (χ2n) is 7.60. The molecule has 0 saturated carbocycles. The van der Waals surface area contributed by atoms with Crippen LogP contribution in [0.25, 0.3) is 0 Å². The average Bonchev–Trinajstić information content (AvgIpc) is 2.72. The van der Waals surface area contributed by atoms with Gasteiger partial charge in [0.2, 0.25) is 23.6 Å². The lowest BCUT2D eigenvalue weighted by Crippen LogP contribution is -2.60. The van der Waals surface area contributed by atoms with Crippen LogP contribution in [0, 0.1) is 11.8 Å². The zero-order valence-electron chi connectivity index (χ0n) is 18.4. The Labute approximate surface area is 181 Å². The van der Waals surface area contributed by atoms with E-state index < -0.39 is 66.8 Å². The maximum atomic E-state index is 12.8. The first-order valence-corrected chi connectivity index (χ1v) is 10.2. The fourth-order valence-electron chi connectivity index (χ4n) is 2.59. The molecule has 6 unspecified atom stereocenters. The van der Waals surface area contributed by atoms with E-state index >= 15 is 0 Å². The molecule has 178 valence electrons. The zero-order chi connectivity index (χ0) is 24.3. The molecular formula is C19H35N5O7. The molecule has 0 aromatic heterocycles. The van der Waals surface area contributed by atoms with Gasteiger partial charge in [0.1, 0.15) is 18.1 Å². The molecule has 6 atom stereocenters. The molecule has 0 saturated heterocycles. The molecule has 0 aliphatic rings. The first-order chi connectivity index (χ1) is 14.4. The van der Waals surface area contributed by atoms with Crippen LogP contribution in [-0.2, 0) is 24.0 Å². The number of aliphatic hydroxyl groups is 1. The van der Waals surface area contributed by atoms with Gasteiger partial charge in [0.25, 0.3) is 0 Å². The number of carbonyl (C=O) groups excluding carboxylic acids is 4. The molecule has 12 heteroatoms. The molecule has 31 heavy (non-hydrogen) atoms. The zero-order valence-corrected chi connectivity index (χ0v) is 18.4. The lowest BCUT2D eigenvalue weighted by molar-refractivity contribution is -0.144. The number of hydrogen-bond acceptors (Lipinski definition) is 7. The van der Waals surface area contributed by atoms with Crippen LogP contribution in [0.2, 0.25) is 0 Å². The summed E-state index contributed by atoms with van der Waals surface area (Å²) in [7, 11) is 0. The van der Waals surface area contributed by atoms with E-state index in [1.165, 1.54) is 0 Å². The average molecular weight is 446 g/mol. The summed E-state index contributed by atoms with van der Waals surface area (Å²) in [5, 5.41) is 25.5. The van der Waals surface area contributed by atoms with Gasteiger partial charge in [-0.1, -0.05) is 40.5 Å². The Morgan fingerprint density at radius 3 is 1.77 bits per heavy atom. The van der Waals surface area contributed by atoms with Crippen LogP contribution in [0.5, 0.6) is 0 Å². The Morgan fingerprint density at radius 2 is 1.35 bits per heavy atom. The number of carboxylic acid groups (broad SMARTS) is 1. The molecule has 0 spiro atoms. The number of primary amides is 1. The topological polar surface area (TPSA) is 214 Å². The number of nitrogens with two attached hydrogens (primary N) is 2. The van der Waals surface area contributed by atoms with Crippen LogP contribution in [-0.4, -0.2) is 70.6 Å². The molecule has 0 fully saturated rings. The number of aliphatic hydroxyl groups excluding tert-OH is 1. The lowest BCUT2D eigenvalue weighted by Gasteiger charge is -2.28. The van der Waals surface area contributed by atoms with Gasteiger partial charge in [-0.25, -0.2) is 4.79 Å². The highest BCUT2D eigenvalue weighted by atomic mass is 16.4. The molecule has 9 N–H and O–H groups in total. The van der Waals surface area contributed by atoms with Crippen molar-refractivity contribution in [2.75, 3.05) is 6.61 Å². The van der Waals surface area contributed by atoms with Crippen molar-refractivity contribution < 1.29 is 34.2 Å². The lowest BCUT2D eigenvalue weighted by atomic mass is 9.95. The summed E-state index contributed by atoms with van der Waals surface area (Å²) in [6, 6.07) is -4.98. The van der Waals surface area contributed by atoms with E-state index in [2.05, 4.69) is 10.6 Å². The smallest absolute Gasteiger partial charge is 0.326 e. The van der Waals surface area contributed by atoms with E-state index in [4.69, 9.17) is 16.6 Å². The van der Waals surface area contributed by atoms with Crippen molar-refractivity contribution in [1.29, 1.82) is 0 Å². The van der Waals surface area contributed by atoms with Crippen molar-refractivity contribution >= 4 is 29.6 Å². The Kier molecular flexibility index (Phi) is 12.4.